The van der Waals surface area contributed by atoms with Gasteiger partial charge in [0.15, 0.2) is 0 Å². The van der Waals surface area contributed by atoms with Crippen molar-refractivity contribution in [2.75, 3.05) is 6.54 Å². The van der Waals surface area contributed by atoms with E-state index in [0.717, 1.165) is 18.4 Å². The van der Waals surface area contributed by atoms with Crippen molar-refractivity contribution in [3.63, 3.8) is 0 Å². The second-order valence-corrected chi connectivity index (χ2v) is 6.96. The van der Waals surface area contributed by atoms with E-state index in [9.17, 15) is 5.11 Å². The minimum atomic E-state index is -0.436. The van der Waals surface area contributed by atoms with Crippen LogP contribution in [-0.4, -0.2) is 11.7 Å². The van der Waals surface area contributed by atoms with Crippen LogP contribution >= 0.6 is 0 Å². The molecule has 3 atom stereocenters. The second-order valence-electron chi connectivity index (χ2n) is 6.96. The number of nitrogens with two attached hydrogens (primary N) is 1. The van der Waals surface area contributed by atoms with Crippen molar-refractivity contribution in [2.24, 2.45) is 17.1 Å². The van der Waals surface area contributed by atoms with Crippen LogP contribution in [0.2, 0.25) is 0 Å². The van der Waals surface area contributed by atoms with Crippen LogP contribution in [0.4, 0.5) is 0 Å². The Morgan fingerprint density at radius 3 is 2.50 bits per heavy atom. The molecule has 3 N–H and O–H groups in total. The van der Waals surface area contributed by atoms with Crippen LogP contribution in [0.15, 0.2) is 12.1 Å². The smallest absolute Gasteiger partial charge is 0.0861 e. The van der Waals surface area contributed by atoms with E-state index in [1.807, 2.05) is 0 Å². The van der Waals surface area contributed by atoms with Crippen molar-refractivity contribution in [2.45, 2.75) is 59.5 Å². The van der Waals surface area contributed by atoms with Crippen molar-refractivity contribution in [3.05, 3.63) is 34.4 Å². The zero-order valence-corrected chi connectivity index (χ0v) is 13.4. The molecular formula is C18H29NO. The summed E-state index contributed by atoms with van der Waals surface area (Å²) >= 11 is 0. The first kappa shape index (κ1) is 15.5. The van der Waals surface area contributed by atoms with Gasteiger partial charge in [0.25, 0.3) is 0 Å². The number of hydrogen-bond acceptors (Lipinski definition) is 2. The molecule has 1 fully saturated rings. The van der Waals surface area contributed by atoms with E-state index in [1.165, 1.54) is 29.5 Å². The summed E-state index contributed by atoms with van der Waals surface area (Å²) < 4.78 is 0. The van der Waals surface area contributed by atoms with Gasteiger partial charge in [-0.25, -0.2) is 0 Å². The van der Waals surface area contributed by atoms with Crippen LogP contribution in [0, 0.1) is 32.1 Å². The summed E-state index contributed by atoms with van der Waals surface area (Å²) in [6.45, 7) is 9.19. The van der Waals surface area contributed by atoms with Crippen LogP contribution in [0.3, 0.4) is 0 Å². The third kappa shape index (κ3) is 2.77. The second kappa shape index (κ2) is 5.87. The Hall–Kier alpha value is -0.860. The molecule has 0 heterocycles. The average Bonchev–Trinajstić information content (AvgIpc) is 2.42. The molecule has 0 aromatic heterocycles. The van der Waals surface area contributed by atoms with E-state index >= 15 is 0 Å². The Morgan fingerprint density at radius 1 is 1.25 bits per heavy atom. The van der Waals surface area contributed by atoms with Crippen LogP contribution < -0.4 is 5.73 Å². The topological polar surface area (TPSA) is 46.2 Å². The van der Waals surface area contributed by atoms with E-state index in [-0.39, 0.29) is 5.41 Å². The summed E-state index contributed by atoms with van der Waals surface area (Å²) in [7, 11) is 0. The summed E-state index contributed by atoms with van der Waals surface area (Å²) in [5.74, 6) is 0.661. The minimum Gasteiger partial charge on any atom is -0.388 e. The molecule has 2 nitrogen and oxygen atoms in total. The molecule has 1 saturated carbocycles. The van der Waals surface area contributed by atoms with E-state index in [2.05, 4.69) is 39.8 Å². The molecule has 0 radical (unpaired) electrons. The number of aliphatic hydroxyl groups is 1. The van der Waals surface area contributed by atoms with Gasteiger partial charge in [0.05, 0.1) is 6.10 Å². The summed E-state index contributed by atoms with van der Waals surface area (Å²) in [6, 6.07) is 4.34. The summed E-state index contributed by atoms with van der Waals surface area (Å²) in [5.41, 5.74) is 10.8. The van der Waals surface area contributed by atoms with Crippen molar-refractivity contribution < 1.29 is 5.11 Å². The monoisotopic (exact) mass is 275 g/mol. The predicted octanol–water partition coefficient (Wildman–Crippen LogP) is 3.80. The Kier molecular flexibility index (Phi) is 4.55. The van der Waals surface area contributed by atoms with Crippen LogP contribution in [-0.2, 0) is 0 Å². The molecule has 112 valence electrons. The fraction of sp³-hybridized carbons (Fsp3) is 0.667. The fourth-order valence-corrected chi connectivity index (χ4v) is 3.85. The first-order valence-corrected chi connectivity index (χ1v) is 7.85. The maximum Gasteiger partial charge on any atom is 0.0861 e. The molecule has 0 aliphatic heterocycles. The first-order valence-electron chi connectivity index (χ1n) is 7.85. The Balaban J connectivity index is 2.38. The van der Waals surface area contributed by atoms with Gasteiger partial charge in [-0.1, -0.05) is 31.9 Å². The average molecular weight is 275 g/mol. The van der Waals surface area contributed by atoms with Gasteiger partial charge in [-0.2, -0.15) is 0 Å². The van der Waals surface area contributed by atoms with Crippen LogP contribution in [0.1, 0.15) is 61.0 Å². The normalized spacial score (nSPS) is 28.4. The highest BCUT2D eigenvalue weighted by atomic mass is 16.3. The Bertz CT molecular complexity index is 483. The molecule has 1 aromatic rings. The number of aryl methyl sites for hydroxylation is 3. The van der Waals surface area contributed by atoms with E-state index < -0.39 is 6.10 Å². The maximum atomic E-state index is 11.0. The molecule has 3 unspecified atom stereocenters. The quantitative estimate of drug-likeness (QED) is 0.881. The zero-order chi connectivity index (χ0) is 14.9. The van der Waals surface area contributed by atoms with Gasteiger partial charge in [0.2, 0.25) is 0 Å². The minimum absolute atomic E-state index is 0.135. The number of benzene rings is 1. The van der Waals surface area contributed by atoms with Gasteiger partial charge in [0, 0.05) is 12.0 Å². The van der Waals surface area contributed by atoms with Gasteiger partial charge in [-0.15, -0.1) is 0 Å². The van der Waals surface area contributed by atoms with Crippen molar-refractivity contribution >= 4 is 0 Å². The summed E-state index contributed by atoms with van der Waals surface area (Å²) in [5, 5.41) is 11.0. The fourth-order valence-electron chi connectivity index (χ4n) is 3.85. The van der Waals surface area contributed by atoms with Crippen molar-refractivity contribution in [1.82, 2.24) is 0 Å². The first-order chi connectivity index (χ1) is 9.39. The summed E-state index contributed by atoms with van der Waals surface area (Å²) in [4.78, 5) is 0. The van der Waals surface area contributed by atoms with Crippen LogP contribution in [0.25, 0.3) is 0 Å². The highest BCUT2D eigenvalue weighted by Gasteiger charge is 2.41. The number of hydrogen-bond donors (Lipinski definition) is 2. The van der Waals surface area contributed by atoms with E-state index in [1.54, 1.807) is 0 Å². The molecule has 20 heavy (non-hydrogen) atoms. The van der Waals surface area contributed by atoms with Crippen molar-refractivity contribution in [3.8, 4) is 0 Å². The van der Waals surface area contributed by atoms with E-state index in [4.69, 9.17) is 5.73 Å². The third-order valence-electron chi connectivity index (χ3n) is 5.29. The van der Waals surface area contributed by atoms with Gasteiger partial charge < -0.3 is 10.8 Å². The molecule has 0 bridgehead atoms. The predicted molar refractivity (Wildman–Crippen MR) is 84.7 cm³/mol. The Morgan fingerprint density at radius 2 is 1.90 bits per heavy atom. The highest BCUT2D eigenvalue weighted by molar-refractivity contribution is 5.38. The molecule has 1 aliphatic carbocycles. The molecule has 1 aromatic carbocycles. The molecule has 0 amide bonds. The molecule has 1 aliphatic rings. The third-order valence-corrected chi connectivity index (χ3v) is 5.29. The Labute approximate surface area is 123 Å². The summed E-state index contributed by atoms with van der Waals surface area (Å²) in [6.07, 6.45) is 4.09. The molecule has 2 heteroatoms. The van der Waals surface area contributed by atoms with Gasteiger partial charge in [-0.3, -0.25) is 0 Å². The lowest BCUT2D eigenvalue weighted by atomic mass is 9.65. The van der Waals surface area contributed by atoms with Gasteiger partial charge >= 0.3 is 0 Å². The number of aliphatic hydroxyl groups excluding tert-OH is 1. The molecular weight excluding hydrogens is 246 g/mol. The lowest BCUT2D eigenvalue weighted by Gasteiger charge is -2.43. The number of rotatable bonds is 3. The standard InChI is InChI=1S/C18H29NO/c1-12-6-5-7-18(10-12,11-19)17(20)16-9-14(3)13(2)8-15(16)4/h8-9,12,17,20H,5-7,10-11,19H2,1-4H3. The lowest BCUT2D eigenvalue weighted by Crippen LogP contribution is -2.41. The molecule has 0 saturated heterocycles. The molecule has 0 spiro atoms. The van der Waals surface area contributed by atoms with Gasteiger partial charge in [-0.05, 0) is 61.8 Å². The maximum absolute atomic E-state index is 11.0. The van der Waals surface area contributed by atoms with Crippen molar-refractivity contribution in [1.29, 1.82) is 0 Å². The van der Waals surface area contributed by atoms with E-state index in [0.29, 0.717) is 12.5 Å². The zero-order valence-electron chi connectivity index (χ0n) is 13.4. The molecule has 2 rings (SSSR count). The lowest BCUT2D eigenvalue weighted by molar-refractivity contribution is -0.0134. The van der Waals surface area contributed by atoms with Gasteiger partial charge in [0.1, 0.15) is 0 Å². The van der Waals surface area contributed by atoms with Crippen LogP contribution in [0.5, 0.6) is 0 Å². The SMILES string of the molecule is Cc1cc(C)c(C(O)C2(CN)CCCC(C)C2)cc1C. The highest BCUT2D eigenvalue weighted by Crippen LogP contribution is 2.48. The largest absolute Gasteiger partial charge is 0.388 e.